The molecule has 2 aromatic rings. The fourth-order valence-electron chi connectivity index (χ4n) is 2.53. The van der Waals surface area contributed by atoms with Gasteiger partial charge in [0.25, 0.3) is 0 Å². The number of hydrogen-bond donors (Lipinski definition) is 0. The van der Waals surface area contributed by atoms with Gasteiger partial charge >= 0.3 is 0 Å². The molecule has 0 heterocycles. The van der Waals surface area contributed by atoms with Crippen molar-refractivity contribution in [3.05, 3.63) is 58.6 Å². The second-order valence-corrected chi connectivity index (χ2v) is 13.8. The molecule has 0 saturated carbocycles. The molecule has 0 spiro atoms. The maximum absolute atomic E-state index is 6.47. The standard InChI is InChI=1S/C21H29BrOSi/c1-16(23-24(5,6)21(2,3)4)15-17-7-9-18(10-8-17)19-11-13-20(22)14-12-19/h7-14,16H,15H2,1-6H3/t16-/m1/s1. The minimum absolute atomic E-state index is 0.254. The maximum atomic E-state index is 6.47. The summed E-state index contributed by atoms with van der Waals surface area (Å²) in [5.74, 6) is 0. The summed E-state index contributed by atoms with van der Waals surface area (Å²) >= 11 is 3.48. The fraction of sp³-hybridized carbons (Fsp3) is 0.429. The van der Waals surface area contributed by atoms with E-state index in [0.717, 1.165) is 10.9 Å². The zero-order chi connectivity index (χ0) is 18.0. The Kier molecular flexibility index (Phi) is 6.11. The van der Waals surface area contributed by atoms with E-state index >= 15 is 0 Å². The molecule has 1 atom stereocenters. The van der Waals surface area contributed by atoms with Gasteiger partial charge in [-0.3, -0.25) is 0 Å². The minimum atomic E-state index is -1.70. The highest BCUT2D eigenvalue weighted by molar-refractivity contribution is 9.10. The summed E-state index contributed by atoms with van der Waals surface area (Å²) in [6.45, 7) is 13.7. The Morgan fingerprint density at radius 1 is 0.917 bits per heavy atom. The van der Waals surface area contributed by atoms with E-state index in [1.54, 1.807) is 0 Å². The number of rotatable bonds is 5. The molecule has 0 bridgehead atoms. The first-order chi connectivity index (χ1) is 11.1. The van der Waals surface area contributed by atoms with Crippen LogP contribution in [0.25, 0.3) is 11.1 Å². The zero-order valence-electron chi connectivity index (χ0n) is 15.7. The highest BCUT2D eigenvalue weighted by Gasteiger charge is 2.38. The molecule has 0 aliphatic rings. The van der Waals surface area contributed by atoms with E-state index in [0.29, 0.717) is 0 Å². The molecule has 0 aliphatic heterocycles. The van der Waals surface area contributed by atoms with Gasteiger partial charge in [0.15, 0.2) is 8.32 Å². The van der Waals surface area contributed by atoms with Crippen LogP contribution < -0.4 is 0 Å². The number of benzene rings is 2. The first-order valence-electron chi connectivity index (χ1n) is 8.61. The third kappa shape index (κ3) is 5.04. The summed E-state index contributed by atoms with van der Waals surface area (Å²) in [6, 6.07) is 17.3. The molecule has 0 saturated heterocycles. The normalized spacial score (nSPS) is 13.8. The summed E-state index contributed by atoms with van der Waals surface area (Å²) < 4.78 is 7.58. The van der Waals surface area contributed by atoms with Crippen LogP contribution in [0.3, 0.4) is 0 Å². The molecular formula is C21H29BrOSi. The lowest BCUT2D eigenvalue weighted by molar-refractivity contribution is 0.199. The lowest BCUT2D eigenvalue weighted by Gasteiger charge is -2.38. The van der Waals surface area contributed by atoms with Crippen LogP contribution in [0, 0.1) is 0 Å². The Hall–Kier alpha value is -0.903. The molecule has 1 nitrogen and oxygen atoms in total. The van der Waals surface area contributed by atoms with Crippen molar-refractivity contribution in [2.75, 3.05) is 0 Å². The summed E-state index contributed by atoms with van der Waals surface area (Å²) in [5, 5.41) is 0.257. The van der Waals surface area contributed by atoms with Crippen molar-refractivity contribution in [1.82, 2.24) is 0 Å². The van der Waals surface area contributed by atoms with Gasteiger partial charge in [0.2, 0.25) is 0 Å². The monoisotopic (exact) mass is 404 g/mol. The third-order valence-electron chi connectivity index (χ3n) is 4.96. The Morgan fingerprint density at radius 3 is 1.83 bits per heavy atom. The average molecular weight is 405 g/mol. The molecule has 0 aromatic heterocycles. The smallest absolute Gasteiger partial charge is 0.192 e. The highest BCUT2D eigenvalue weighted by atomic mass is 79.9. The molecule has 0 amide bonds. The minimum Gasteiger partial charge on any atom is -0.414 e. The van der Waals surface area contributed by atoms with E-state index in [2.05, 4.69) is 105 Å². The van der Waals surface area contributed by atoms with Crippen molar-refractivity contribution in [3.8, 4) is 11.1 Å². The number of halogens is 1. The molecule has 2 aromatic carbocycles. The molecule has 24 heavy (non-hydrogen) atoms. The van der Waals surface area contributed by atoms with Gasteiger partial charge in [-0.15, -0.1) is 0 Å². The molecule has 0 N–H and O–H groups in total. The third-order valence-corrected chi connectivity index (χ3v) is 10.1. The summed E-state index contributed by atoms with van der Waals surface area (Å²) in [4.78, 5) is 0. The van der Waals surface area contributed by atoms with E-state index in [9.17, 15) is 0 Å². The fourth-order valence-corrected chi connectivity index (χ4v) is 4.24. The lowest BCUT2D eigenvalue weighted by atomic mass is 10.0. The molecule has 0 fully saturated rings. The molecule has 0 radical (unpaired) electrons. The molecule has 2 rings (SSSR count). The van der Waals surface area contributed by atoms with Crippen LogP contribution in [0.1, 0.15) is 33.3 Å². The zero-order valence-corrected chi connectivity index (χ0v) is 18.3. The predicted molar refractivity (Wildman–Crippen MR) is 111 cm³/mol. The maximum Gasteiger partial charge on any atom is 0.192 e. The van der Waals surface area contributed by atoms with Gasteiger partial charge in [0.1, 0.15) is 0 Å². The number of hydrogen-bond acceptors (Lipinski definition) is 1. The van der Waals surface area contributed by atoms with Crippen molar-refractivity contribution in [2.45, 2.75) is 58.4 Å². The van der Waals surface area contributed by atoms with Crippen molar-refractivity contribution >= 4 is 24.2 Å². The van der Waals surface area contributed by atoms with Crippen LogP contribution in [-0.4, -0.2) is 14.4 Å². The van der Waals surface area contributed by atoms with Crippen LogP contribution in [0.5, 0.6) is 0 Å². The Balaban J connectivity index is 2.02. The van der Waals surface area contributed by atoms with E-state index in [1.807, 2.05) is 0 Å². The van der Waals surface area contributed by atoms with Crippen LogP contribution >= 0.6 is 15.9 Å². The SMILES string of the molecule is C[C@H](Cc1ccc(-c2ccc(Br)cc2)cc1)O[Si](C)(C)C(C)(C)C. The van der Waals surface area contributed by atoms with Crippen molar-refractivity contribution in [1.29, 1.82) is 0 Å². The van der Waals surface area contributed by atoms with Crippen LogP contribution in [0.4, 0.5) is 0 Å². The van der Waals surface area contributed by atoms with Crippen LogP contribution in [0.15, 0.2) is 53.0 Å². The Labute approximate surface area is 156 Å². The Morgan fingerprint density at radius 2 is 1.38 bits per heavy atom. The summed E-state index contributed by atoms with van der Waals surface area (Å²) in [6.07, 6.45) is 1.22. The highest BCUT2D eigenvalue weighted by Crippen LogP contribution is 2.37. The first kappa shape index (κ1) is 19.4. The first-order valence-corrected chi connectivity index (χ1v) is 12.3. The van der Waals surface area contributed by atoms with Crippen molar-refractivity contribution in [3.63, 3.8) is 0 Å². The van der Waals surface area contributed by atoms with Gasteiger partial charge in [-0.25, -0.2) is 0 Å². The van der Waals surface area contributed by atoms with E-state index < -0.39 is 8.32 Å². The second kappa shape index (κ2) is 7.55. The van der Waals surface area contributed by atoms with E-state index in [4.69, 9.17) is 4.43 Å². The van der Waals surface area contributed by atoms with Gasteiger partial charge in [-0.1, -0.05) is 73.1 Å². The summed E-state index contributed by atoms with van der Waals surface area (Å²) in [7, 11) is -1.70. The van der Waals surface area contributed by atoms with Gasteiger partial charge in [-0.05, 0) is 60.3 Å². The van der Waals surface area contributed by atoms with Crippen molar-refractivity contribution < 1.29 is 4.43 Å². The van der Waals surface area contributed by atoms with E-state index in [1.165, 1.54) is 16.7 Å². The van der Waals surface area contributed by atoms with Gasteiger partial charge in [0.05, 0.1) is 0 Å². The van der Waals surface area contributed by atoms with Crippen LogP contribution in [-0.2, 0) is 10.8 Å². The average Bonchev–Trinajstić information content (AvgIpc) is 2.47. The Bertz CT molecular complexity index is 654. The molecular weight excluding hydrogens is 376 g/mol. The largest absolute Gasteiger partial charge is 0.414 e. The van der Waals surface area contributed by atoms with Gasteiger partial charge in [-0.2, -0.15) is 0 Å². The van der Waals surface area contributed by atoms with Crippen molar-refractivity contribution in [2.24, 2.45) is 0 Å². The summed E-state index contributed by atoms with van der Waals surface area (Å²) in [5.41, 5.74) is 3.83. The molecule has 130 valence electrons. The second-order valence-electron chi connectivity index (χ2n) is 8.10. The van der Waals surface area contributed by atoms with E-state index in [-0.39, 0.29) is 11.1 Å². The molecule has 0 aliphatic carbocycles. The topological polar surface area (TPSA) is 9.23 Å². The molecule has 3 heteroatoms. The lowest BCUT2D eigenvalue weighted by Crippen LogP contribution is -2.43. The molecule has 0 unspecified atom stereocenters. The quantitative estimate of drug-likeness (QED) is 0.484. The van der Waals surface area contributed by atoms with Crippen LogP contribution in [0.2, 0.25) is 18.1 Å². The van der Waals surface area contributed by atoms with Gasteiger partial charge < -0.3 is 4.43 Å². The predicted octanol–water partition coefficient (Wildman–Crippen LogP) is 7.07. The van der Waals surface area contributed by atoms with Gasteiger partial charge in [0, 0.05) is 10.6 Å².